The normalized spacial score (nSPS) is 13.5. The van der Waals surface area contributed by atoms with Crippen LogP contribution in [-0.4, -0.2) is 0 Å². The first-order valence-electron chi connectivity index (χ1n) is 16.6. The van der Waals surface area contributed by atoms with Crippen molar-refractivity contribution in [1.29, 1.82) is 0 Å². The van der Waals surface area contributed by atoms with Gasteiger partial charge in [0.1, 0.15) is 0 Å². The molecule has 8 aromatic carbocycles. The van der Waals surface area contributed by atoms with Gasteiger partial charge in [-0.15, -0.1) is 0 Å². The molecule has 0 bridgehead atoms. The van der Waals surface area contributed by atoms with Crippen LogP contribution in [0.3, 0.4) is 0 Å². The summed E-state index contributed by atoms with van der Waals surface area (Å²) >= 11 is 0. The summed E-state index contributed by atoms with van der Waals surface area (Å²) in [5.74, 6) is 0. The molecule has 0 amide bonds. The lowest BCUT2D eigenvalue weighted by Gasteiger charge is -2.22. The Labute approximate surface area is 275 Å². The molecule has 0 radical (unpaired) electrons. The Morgan fingerprint density at radius 3 is 1.55 bits per heavy atom. The fraction of sp³-hybridized carbons (Fsp3) is 0.0638. The highest BCUT2D eigenvalue weighted by Gasteiger charge is 2.35. The summed E-state index contributed by atoms with van der Waals surface area (Å²) in [4.78, 5) is 0. The topological polar surface area (TPSA) is 0 Å². The van der Waals surface area contributed by atoms with Crippen molar-refractivity contribution in [2.45, 2.75) is 19.3 Å². The van der Waals surface area contributed by atoms with Crippen molar-refractivity contribution >= 4 is 21.5 Å². The zero-order chi connectivity index (χ0) is 31.3. The maximum Gasteiger partial charge on any atom is 0.0159 e. The van der Waals surface area contributed by atoms with E-state index in [-0.39, 0.29) is 5.41 Å². The molecule has 0 heterocycles. The summed E-state index contributed by atoms with van der Waals surface area (Å²) < 4.78 is 0. The molecule has 0 unspecified atom stereocenters. The Balaban J connectivity index is 0.970. The van der Waals surface area contributed by atoms with Crippen LogP contribution >= 0.6 is 0 Å². The molecule has 0 N–H and O–H groups in total. The van der Waals surface area contributed by atoms with Crippen molar-refractivity contribution in [2.24, 2.45) is 0 Å². The highest BCUT2D eigenvalue weighted by molar-refractivity contribution is 6.18. The van der Waals surface area contributed by atoms with E-state index in [0.717, 1.165) is 0 Å². The summed E-state index contributed by atoms with van der Waals surface area (Å²) in [5, 5.41) is 5.22. The van der Waals surface area contributed by atoms with E-state index >= 15 is 0 Å². The monoisotopic (exact) mass is 596 g/mol. The Morgan fingerprint density at radius 1 is 0.319 bits per heavy atom. The SMILES string of the molecule is CC1(C)c2ccccc2-c2ccc(-c3ccc4cc(-c5ccc(-c6ccc7c8c(cccc68)-c6ccccc6-7)cc5)ccc4c3)cc21. The quantitative estimate of drug-likeness (QED) is 0.190. The highest BCUT2D eigenvalue weighted by atomic mass is 14.4. The van der Waals surface area contributed by atoms with Gasteiger partial charge in [0.15, 0.2) is 0 Å². The minimum absolute atomic E-state index is 0.00336. The lowest BCUT2D eigenvalue weighted by Crippen LogP contribution is -2.14. The van der Waals surface area contributed by atoms with E-state index in [2.05, 4.69) is 172 Å². The van der Waals surface area contributed by atoms with E-state index < -0.39 is 0 Å². The van der Waals surface area contributed by atoms with E-state index in [1.807, 2.05) is 0 Å². The van der Waals surface area contributed by atoms with Crippen LogP contribution in [0.1, 0.15) is 25.0 Å². The molecular weight excluding hydrogens is 565 g/mol. The largest absolute Gasteiger partial charge is 0.0619 e. The first-order chi connectivity index (χ1) is 23.0. The van der Waals surface area contributed by atoms with Crippen molar-refractivity contribution in [3.63, 3.8) is 0 Å². The van der Waals surface area contributed by atoms with Gasteiger partial charge in [-0.2, -0.15) is 0 Å². The lowest BCUT2D eigenvalue weighted by molar-refractivity contribution is 0.660. The van der Waals surface area contributed by atoms with E-state index in [1.54, 1.807) is 0 Å². The third-order valence-electron chi connectivity index (χ3n) is 10.8. The van der Waals surface area contributed by atoms with Crippen LogP contribution in [0.25, 0.3) is 88.3 Å². The van der Waals surface area contributed by atoms with E-state index in [9.17, 15) is 0 Å². The Hall–Kier alpha value is -5.72. The molecule has 0 heteroatoms. The molecule has 47 heavy (non-hydrogen) atoms. The van der Waals surface area contributed by atoms with Crippen LogP contribution in [0, 0.1) is 0 Å². The van der Waals surface area contributed by atoms with E-state index in [1.165, 1.54) is 99.4 Å². The summed E-state index contributed by atoms with van der Waals surface area (Å²) in [6, 6.07) is 58.8. The van der Waals surface area contributed by atoms with Gasteiger partial charge in [-0.1, -0.05) is 153 Å². The summed E-state index contributed by atoms with van der Waals surface area (Å²) in [5.41, 5.74) is 18.5. The van der Waals surface area contributed by atoms with Crippen LogP contribution in [0.5, 0.6) is 0 Å². The molecule has 0 aromatic heterocycles. The standard InChI is InChI=1S/C47H32/c1-47(2)44-13-6-5-10-39(44)40-23-22-35(28-45(40)47)34-21-20-32-26-31(18-19-33(32)27-34)29-14-16-30(17-15-29)36-24-25-43-38-9-4-3-8-37(38)42-12-7-11-41(36)46(42)43/h3-28H,1-2H3. The van der Waals surface area contributed by atoms with Crippen molar-refractivity contribution < 1.29 is 0 Å². The first kappa shape index (κ1) is 26.5. The zero-order valence-corrected chi connectivity index (χ0v) is 26.5. The van der Waals surface area contributed by atoms with Crippen LogP contribution in [-0.2, 0) is 5.41 Å². The lowest BCUT2D eigenvalue weighted by atomic mass is 9.81. The smallest absolute Gasteiger partial charge is 0.0159 e. The summed E-state index contributed by atoms with van der Waals surface area (Å²) in [7, 11) is 0. The average molecular weight is 597 g/mol. The summed E-state index contributed by atoms with van der Waals surface area (Å²) in [6.45, 7) is 4.70. The zero-order valence-electron chi connectivity index (χ0n) is 26.5. The third-order valence-corrected chi connectivity index (χ3v) is 10.8. The van der Waals surface area contributed by atoms with Gasteiger partial charge in [-0.05, 0) is 118 Å². The van der Waals surface area contributed by atoms with Gasteiger partial charge in [0.2, 0.25) is 0 Å². The van der Waals surface area contributed by atoms with Gasteiger partial charge in [0.25, 0.3) is 0 Å². The highest BCUT2D eigenvalue weighted by Crippen LogP contribution is 2.50. The Bertz CT molecular complexity index is 2550. The van der Waals surface area contributed by atoms with E-state index in [4.69, 9.17) is 0 Å². The number of benzene rings is 8. The molecular formula is C47H32. The molecule has 0 aliphatic heterocycles. The third kappa shape index (κ3) is 3.82. The molecule has 2 aliphatic rings. The average Bonchev–Trinajstić information content (AvgIpc) is 3.57. The molecule has 0 saturated heterocycles. The van der Waals surface area contributed by atoms with Gasteiger partial charge in [0.05, 0.1) is 0 Å². The molecule has 0 atom stereocenters. The molecule has 10 rings (SSSR count). The van der Waals surface area contributed by atoms with Crippen molar-refractivity contribution in [2.75, 3.05) is 0 Å². The molecule has 220 valence electrons. The molecule has 0 nitrogen and oxygen atoms in total. The Kier molecular flexibility index (Phi) is 5.44. The van der Waals surface area contributed by atoms with Crippen LogP contribution in [0.15, 0.2) is 158 Å². The minimum atomic E-state index is 0.00336. The van der Waals surface area contributed by atoms with Crippen molar-refractivity contribution in [3.8, 4) is 66.8 Å². The minimum Gasteiger partial charge on any atom is -0.0619 e. The maximum atomic E-state index is 2.41. The molecule has 8 aromatic rings. The molecule has 0 spiro atoms. The molecule has 0 fully saturated rings. The fourth-order valence-corrected chi connectivity index (χ4v) is 8.39. The predicted molar refractivity (Wildman–Crippen MR) is 200 cm³/mol. The second-order valence-electron chi connectivity index (χ2n) is 13.7. The molecule has 0 saturated carbocycles. The van der Waals surface area contributed by atoms with Crippen molar-refractivity contribution in [3.05, 3.63) is 169 Å². The van der Waals surface area contributed by atoms with Crippen molar-refractivity contribution in [1.82, 2.24) is 0 Å². The number of fused-ring (bicyclic) bond motifs is 7. The van der Waals surface area contributed by atoms with Crippen LogP contribution < -0.4 is 0 Å². The van der Waals surface area contributed by atoms with Gasteiger partial charge < -0.3 is 0 Å². The number of rotatable bonds is 3. The van der Waals surface area contributed by atoms with Gasteiger partial charge in [0, 0.05) is 5.41 Å². The van der Waals surface area contributed by atoms with Crippen LogP contribution in [0.4, 0.5) is 0 Å². The fourth-order valence-electron chi connectivity index (χ4n) is 8.39. The van der Waals surface area contributed by atoms with Gasteiger partial charge in [-0.25, -0.2) is 0 Å². The Morgan fingerprint density at radius 2 is 0.809 bits per heavy atom. The van der Waals surface area contributed by atoms with Gasteiger partial charge >= 0.3 is 0 Å². The summed E-state index contributed by atoms with van der Waals surface area (Å²) in [6.07, 6.45) is 0. The molecule has 2 aliphatic carbocycles. The number of hydrogen-bond donors (Lipinski definition) is 0. The number of hydrogen-bond acceptors (Lipinski definition) is 0. The maximum absolute atomic E-state index is 2.41. The predicted octanol–water partition coefficient (Wildman–Crippen LogP) is 12.9. The second-order valence-corrected chi connectivity index (χ2v) is 13.7. The first-order valence-corrected chi connectivity index (χ1v) is 16.6. The van der Waals surface area contributed by atoms with Crippen LogP contribution in [0.2, 0.25) is 0 Å². The second kappa shape index (κ2) is 9.64. The van der Waals surface area contributed by atoms with E-state index in [0.29, 0.717) is 0 Å². The van der Waals surface area contributed by atoms with Gasteiger partial charge in [-0.3, -0.25) is 0 Å².